The van der Waals surface area contributed by atoms with Crippen molar-refractivity contribution in [3.63, 3.8) is 0 Å². The van der Waals surface area contributed by atoms with Crippen molar-refractivity contribution in [2.45, 2.75) is 443 Å². The Morgan fingerprint density at radius 3 is 0.916 bits per heavy atom. The quantitative estimate of drug-likeness (QED) is 0.0320. The lowest BCUT2D eigenvalue weighted by Crippen LogP contribution is -2.45. The number of aliphatic hydroxyl groups is 2. The molecule has 83 heavy (non-hydrogen) atoms. The molecule has 492 valence electrons. The summed E-state index contributed by atoms with van der Waals surface area (Å²) in [6.45, 7) is 4.98. The van der Waals surface area contributed by atoms with Crippen molar-refractivity contribution >= 4 is 11.9 Å². The number of ether oxygens (including phenoxy) is 1. The normalized spacial score (nSPS) is 12.6. The summed E-state index contributed by atoms with van der Waals surface area (Å²) in [4.78, 5) is 24.6. The van der Waals surface area contributed by atoms with Gasteiger partial charge in [-0.05, 0) is 57.8 Å². The van der Waals surface area contributed by atoms with Gasteiger partial charge in [0.15, 0.2) is 0 Å². The summed E-state index contributed by atoms with van der Waals surface area (Å²) >= 11 is 0. The maximum Gasteiger partial charge on any atom is 0.305 e. The van der Waals surface area contributed by atoms with Crippen LogP contribution in [0.4, 0.5) is 0 Å². The summed E-state index contributed by atoms with van der Waals surface area (Å²) < 4.78 is 5.52. The zero-order chi connectivity index (χ0) is 59.9. The molecule has 0 aliphatic heterocycles. The van der Waals surface area contributed by atoms with Crippen LogP contribution in [-0.2, 0) is 14.3 Å². The number of aliphatic hydroxyl groups excluding tert-OH is 2. The number of unbranched alkanes of at least 4 members (excludes halogenated alkanes) is 57. The van der Waals surface area contributed by atoms with Crippen LogP contribution in [0.5, 0.6) is 0 Å². The molecule has 0 aromatic rings. The monoisotopic (exact) mass is 1170 g/mol. The van der Waals surface area contributed by atoms with E-state index < -0.39 is 12.1 Å². The Balaban J connectivity index is 3.31. The highest BCUT2D eigenvalue weighted by Gasteiger charge is 2.20. The number of rotatable bonds is 72. The van der Waals surface area contributed by atoms with Gasteiger partial charge in [0, 0.05) is 12.8 Å². The minimum Gasteiger partial charge on any atom is -0.466 e. The maximum absolute atomic E-state index is 12.5. The Hall–Kier alpha value is -1.66. The summed E-state index contributed by atoms with van der Waals surface area (Å²) in [6, 6.07) is -0.537. The van der Waals surface area contributed by atoms with E-state index in [1.54, 1.807) is 0 Å². The lowest BCUT2D eigenvalue weighted by molar-refractivity contribution is -0.143. The first-order chi connectivity index (χ1) is 41.0. The molecule has 0 saturated carbocycles. The predicted octanol–water partition coefficient (Wildman–Crippen LogP) is 24.9. The van der Waals surface area contributed by atoms with Crippen molar-refractivity contribution < 1.29 is 24.5 Å². The van der Waals surface area contributed by atoms with Crippen LogP contribution in [0.3, 0.4) is 0 Å². The predicted molar refractivity (Wildman–Crippen MR) is 366 cm³/mol. The van der Waals surface area contributed by atoms with Crippen LogP contribution in [-0.4, -0.2) is 47.4 Å². The van der Waals surface area contributed by atoms with Gasteiger partial charge in [-0.25, -0.2) is 0 Å². The summed E-state index contributed by atoms with van der Waals surface area (Å²) in [7, 11) is 0. The summed E-state index contributed by atoms with van der Waals surface area (Å²) in [5, 5.41) is 23.2. The fourth-order valence-corrected chi connectivity index (χ4v) is 12.2. The average molecular weight is 1170 g/mol. The van der Waals surface area contributed by atoms with Crippen LogP contribution in [0, 0.1) is 0 Å². The number of carbonyl (C=O) groups excluding carboxylic acids is 2. The Kier molecular flexibility index (Phi) is 71.4. The first kappa shape index (κ1) is 81.3. The number of esters is 1. The molecule has 2 atom stereocenters. The number of carbonyl (C=O) groups is 2. The van der Waals surface area contributed by atoms with E-state index in [0.29, 0.717) is 25.9 Å². The number of amides is 1. The molecule has 6 heteroatoms. The van der Waals surface area contributed by atoms with E-state index in [1.165, 1.54) is 353 Å². The number of nitrogens with one attached hydrogen (secondary N) is 1. The first-order valence-electron chi connectivity index (χ1n) is 38.1. The fourth-order valence-electron chi connectivity index (χ4n) is 12.2. The second kappa shape index (κ2) is 72.8. The molecule has 0 heterocycles. The highest BCUT2D eigenvalue weighted by atomic mass is 16.5. The van der Waals surface area contributed by atoms with Crippen molar-refractivity contribution in [3.8, 4) is 0 Å². The van der Waals surface area contributed by atoms with E-state index >= 15 is 0 Å². The van der Waals surface area contributed by atoms with Crippen LogP contribution < -0.4 is 5.32 Å². The van der Waals surface area contributed by atoms with Gasteiger partial charge in [-0.15, -0.1) is 0 Å². The van der Waals surface area contributed by atoms with Crippen molar-refractivity contribution in [2.24, 2.45) is 0 Å². The van der Waals surface area contributed by atoms with Crippen molar-refractivity contribution in [3.05, 3.63) is 24.3 Å². The molecule has 0 rings (SSSR count). The Morgan fingerprint density at radius 1 is 0.337 bits per heavy atom. The molecule has 0 fully saturated rings. The lowest BCUT2D eigenvalue weighted by Gasteiger charge is -2.22. The Labute approximate surface area is 520 Å². The molecule has 3 N–H and O–H groups in total. The second-order valence-corrected chi connectivity index (χ2v) is 26.3. The SMILES string of the molecule is CCCCCCCCCCCCCCCCCCCCCC(=O)OCCCCCCCCCCCCCCC/C=C\C/C=C\CCCCCCCCCCCCCCCCCCCC(=O)NC(CO)C(O)CCCCCCCCCCCC. The topological polar surface area (TPSA) is 95.9 Å². The van der Waals surface area contributed by atoms with Gasteiger partial charge in [-0.2, -0.15) is 0 Å². The molecule has 0 aromatic heterocycles. The minimum absolute atomic E-state index is 0.0244. The van der Waals surface area contributed by atoms with E-state index in [9.17, 15) is 19.8 Å². The smallest absolute Gasteiger partial charge is 0.305 e. The second-order valence-electron chi connectivity index (χ2n) is 26.3. The largest absolute Gasteiger partial charge is 0.466 e. The third-order valence-electron chi connectivity index (χ3n) is 18.0. The van der Waals surface area contributed by atoms with Crippen molar-refractivity contribution in [2.75, 3.05) is 13.2 Å². The third-order valence-corrected chi connectivity index (χ3v) is 18.0. The highest BCUT2D eigenvalue weighted by Crippen LogP contribution is 2.20. The van der Waals surface area contributed by atoms with Crippen molar-refractivity contribution in [1.29, 1.82) is 0 Å². The molecule has 0 saturated heterocycles. The van der Waals surface area contributed by atoms with Gasteiger partial charge in [0.05, 0.1) is 25.4 Å². The first-order valence-corrected chi connectivity index (χ1v) is 38.1. The molecule has 0 aliphatic rings. The standard InChI is InChI=1S/C77H149NO5/c1-3-5-7-9-11-13-15-16-17-18-38-42-45-48-51-55-59-63-67-71-77(82)83-72-68-64-60-56-52-49-46-43-40-37-35-33-31-29-27-25-23-21-19-20-22-24-26-28-30-32-34-36-39-41-44-47-50-54-58-62-66-70-76(81)78-74(73-79)75(80)69-65-61-57-53-14-12-10-8-6-4-2/h19,21,25,27,74-75,79-80H,3-18,20,22-24,26,28-73H2,1-2H3,(H,78,81)/b21-19-,27-25-. The molecule has 2 unspecified atom stereocenters. The average Bonchev–Trinajstić information content (AvgIpc) is 3.50. The number of hydrogen-bond acceptors (Lipinski definition) is 5. The fraction of sp³-hybridized carbons (Fsp3) is 0.922. The summed E-state index contributed by atoms with van der Waals surface area (Å²) in [5.41, 5.74) is 0. The lowest BCUT2D eigenvalue weighted by atomic mass is 10.0. The Morgan fingerprint density at radius 2 is 0.602 bits per heavy atom. The van der Waals surface area contributed by atoms with Crippen LogP contribution >= 0.6 is 0 Å². The van der Waals surface area contributed by atoms with Gasteiger partial charge in [0.1, 0.15) is 0 Å². The number of allylic oxidation sites excluding steroid dienone is 4. The number of hydrogen-bond donors (Lipinski definition) is 3. The third kappa shape index (κ3) is 69.3. The van der Waals surface area contributed by atoms with Crippen LogP contribution in [0.2, 0.25) is 0 Å². The Bertz CT molecular complexity index is 1300. The van der Waals surface area contributed by atoms with E-state index in [-0.39, 0.29) is 18.5 Å². The van der Waals surface area contributed by atoms with Crippen LogP contribution in [0.25, 0.3) is 0 Å². The molecular weight excluding hydrogens is 1020 g/mol. The molecule has 1 amide bonds. The molecule has 6 nitrogen and oxygen atoms in total. The zero-order valence-corrected chi connectivity index (χ0v) is 56.5. The van der Waals surface area contributed by atoms with Gasteiger partial charge in [-0.3, -0.25) is 9.59 Å². The maximum atomic E-state index is 12.5. The van der Waals surface area contributed by atoms with Gasteiger partial charge >= 0.3 is 5.97 Å². The molecule has 0 aromatic carbocycles. The van der Waals surface area contributed by atoms with Crippen LogP contribution in [0.1, 0.15) is 431 Å². The molecule has 0 radical (unpaired) electrons. The molecular formula is C77H149NO5. The van der Waals surface area contributed by atoms with Gasteiger partial charge in [0.2, 0.25) is 5.91 Å². The van der Waals surface area contributed by atoms with Gasteiger partial charge in [0.25, 0.3) is 0 Å². The van der Waals surface area contributed by atoms with Crippen molar-refractivity contribution in [1.82, 2.24) is 5.32 Å². The van der Waals surface area contributed by atoms with Gasteiger partial charge in [-0.1, -0.05) is 385 Å². The van der Waals surface area contributed by atoms with E-state index in [4.69, 9.17) is 4.74 Å². The van der Waals surface area contributed by atoms with E-state index in [2.05, 4.69) is 43.5 Å². The highest BCUT2D eigenvalue weighted by molar-refractivity contribution is 5.76. The summed E-state index contributed by atoms with van der Waals surface area (Å²) in [6.07, 6.45) is 92.8. The van der Waals surface area contributed by atoms with Gasteiger partial charge < -0.3 is 20.3 Å². The molecule has 0 spiro atoms. The zero-order valence-electron chi connectivity index (χ0n) is 56.5. The van der Waals surface area contributed by atoms with Crippen LogP contribution in [0.15, 0.2) is 24.3 Å². The van der Waals surface area contributed by atoms with E-state index in [0.717, 1.165) is 44.9 Å². The minimum atomic E-state index is -0.660. The molecule has 0 aliphatic carbocycles. The van der Waals surface area contributed by atoms with E-state index in [1.807, 2.05) is 0 Å². The summed E-state index contributed by atoms with van der Waals surface area (Å²) in [5.74, 6) is -0.00745. The molecule has 0 bridgehead atoms.